The molecule has 0 aromatic heterocycles. The Kier molecular flexibility index (Phi) is 7.47. The van der Waals surface area contributed by atoms with Gasteiger partial charge in [0.05, 0.1) is 29.8 Å². The van der Waals surface area contributed by atoms with Gasteiger partial charge in [-0.15, -0.1) is 0 Å². The number of carbonyl (C=O) groups excluding carboxylic acids is 1. The standard InChI is InChI=1S/C26H26O5S/c1-19-12-14-22(15-13-19)32(28)18-23-24(29-16-20-8-4-2-5-9-20)25(26(27)31-23)30-17-21-10-6-3-7-11-21/h2-15,23-25H,16-18H2,1H3/t23-,24+,25-,32?/m0/s1. The third-order valence-corrected chi connectivity index (χ3v) is 6.75. The highest BCUT2D eigenvalue weighted by molar-refractivity contribution is 7.85. The van der Waals surface area contributed by atoms with Crippen LogP contribution >= 0.6 is 0 Å². The Morgan fingerprint density at radius 2 is 1.38 bits per heavy atom. The Labute approximate surface area is 190 Å². The Morgan fingerprint density at radius 3 is 1.97 bits per heavy atom. The molecule has 1 aliphatic heterocycles. The monoisotopic (exact) mass is 450 g/mol. The molecule has 0 spiro atoms. The number of hydrogen-bond donors (Lipinski definition) is 0. The van der Waals surface area contributed by atoms with E-state index in [2.05, 4.69) is 0 Å². The van der Waals surface area contributed by atoms with Gasteiger partial charge in [0, 0.05) is 4.90 Å². The van der Waals surface area contributed by atoms with Crippen LogP contribution in [0.5, 0.6) is 0 Å². The molecule has 0 amide bonds. The highest BCUT2D eigenvalue weighted by Gasteiger charge is 2.47. The van der Waals surface area contributed by atoms with Crippen molar-refractivity contribution < 1.29 is 23.2 Å². The van der Waals surface area contributed by atoms with Crippen LogP contribution in [0, 0.1) is 6.92 Å². The number of benzene rings is 3. The van der Waals surface area contributed by atoms with Crippen LogP contribution in [0.1, 0.15) is 16.7 Å². The molecular weight excluding hydrogens is 424 g/mol. The van der Waals surface area contributed by atoms with Gasteiger partial charge < -0.3 is 14.2 Å². The zero-order valence-corrected chi connectivity index (χ0v) is 18.7. The van der Waals surface area contributed by atoms with Crippen LogP contribution in [0.2, 0.25) is 0 Å². The van der Waals surface area contributed by atoms with Crippen molar-refractivity contribution in [3.63, 3.8) is 0 Å². The molecule has 0 radical (unpaired) electrons. The summed E-state index contributed by atoms with van der Waals surface area (Å²) in [5.41, 5.74) is 3.03. The summed E-state index contributed by atoms with van der Waals surface area (Å²) in [4.78, 5) is 13.4. The van der Waals surface area contributed by atoms with Crippen LogP contribution in [0.3, 0.4) is 0 Å². The van der Waals surface area contributed by atoms with E-state index in [0.29, 0.717) is 11.5 Å². The average Bonchev–Trinajstić information content (AvgIpc) is 3.11. The van der Waals surface area contributed by atoms with Crippen molar-refractivity contribution in [3.8, 4) is 0 Å². The van der Waals surface area contributed by atoms with Gasteiger partial charge in [-0.1, -0.05) is 78.4 Å². The molecule has 0 saturated carbocycles. The number of hydrogen-bond acceptors (Lipinski definition) is 5. The van der Waals surface area contributed by atoms with Crippen molar-refractivity contribution in [2.45, 2.75) is 43.3 Å². The van der Waals surface area contributed by atoms with Gasteiger partial charge in [0.25, 0.3) is 0 Å². The van der Waals surface area contributed by atoms with Crippen molar-refractivity contribution >= 4 is 16.8 Å². The smallest absolute Gasteiger partial charge is 0.338 e. The SMILES string of the molecule is Cc1ccc(S(=O)C[C@@H]2OC(=O)[C@@H](OCc3ccccc3)[C@@H]2OCc2ccccc2)cc1. The van der Waals surface area contributed by atoms with Gasteiger partial charge in [0.15, 0.2) is 6.10 Å². The minimum Gasteiger partial charge on any atom is -0.456 e. The van der Waals surface area contributed by atoms with Crippen LogP contribution in [0.4, 0.5) is 0 Å². The topological polar surface area (TPSA) is 61.8 Å². The van der Waals surface area contributed by atoms with Gasteiger partial charge in [0.1, 0.15) is 12.2 Å². The van der Waals surface area contributed by atoms with Crippen molar-refractivity contribution in [3.05, 3.63) is 102 Å². The summed E-state index contributed by atoms with van der Waals surface area (Å²) in [5, 5.41) is 0. The zero-order chi connectivity index (χ0) is 22.3. The second-order valence-electron chi connectivity index (χ2n) is 7.78. The Balaban J connectivity index is 1.48. The highest BCUT2D eigenvalue weighted by atomic mass is 32.2. The molecule has 1 fully saturated rings. The quantitative estimate of drug-likeness (QED) is 0.457. The first-order valence-corrected chi connectivity index (χ1v) is 11.9. The van der Waals surface area contributed by atoms with E-state index in [1.54, 1.807) is 0 Å². The lowest BCUT2D eigenvalue weighted by atomic mass is 10.1. The van der Waals surface area contributed by atoms with Gasteiger partial charge in [-0.3, -0.25) is 4.21 Å². The van der Waals surface area contributed by atoms with Gasteiger partial charge in [-0.25, -0.2) is 4.79 Å². The highest BCUT2D eigenvalue weighted by Crippen LogP contribution is 2.26. The van der Waals surface area contributed by atoms with Crippen molar-refractivity contribution in [2.24, 2.45) is 0 Å². The molecule has 4 rings (SSSR count). The van der Waals surface area contributed by atoms with E-state index < -0.39 is 35.1 Å². The molecule has 166 valence electrons. The van der Waals surface area contributed by atoms with Crippen molar-refractivity contribution in [2.75, 3.05) is 5.75 Å². The van der Waals surface area contributed by atoms with E-state index in [-0.39, 0.29) is 12.4 Å². The molecule has 1 unspecified atom stereocenters. The molecule has 0 aliphatic carbocycles. The Bertz CT molecular complexity index is 1040. The molecule has 0 bridgehead atoms. The summed E-state index contributed by atoms with van der Waals surface area (Å²) in [6.07, 6.45) is -2.19. The van der Waals surface area contributed by atoms with Crippen molar-refractivity contribution in [1.82, 2.24) is 0 Å². The van der Waals surface area contributed by atoms with Crippen LogP contribution in [0.25, 0.3) is 0 Å². The largest absolute Gasteiger partial charge is 0.456 e. The predicted octanol–water partition coefficient (Wildman–Crippen LogP) is 4.20. The Morgan fingerprint density at radius 1 is 0.812 bits per heavy atom. The molecular formula is C26H26O5S. The lowest BCUT2D eigenvalue weighted by Crippen LogP contribution is -2.38. The van der Waals surface area contributed by atoms with E-state index in [1.807, 2.05) is 91.9 Å². The van der Waals surface area contributed by atoms with Crippen LogP contribution in [-0.4, -0.2) is 34.2 Å². The summed E-state index contributed by atoms with van der Waals surface area (Å²) in [6.45, 7) is 2.55. The number of rotatable bonds is 9. The molecule has 4 atom stereocenters. The van der Waals surface area contributed by atoms with E-state index in [4.69, 9.17) is 14.2 Å². The Hall–Kier alpha value is -2.80. The fourth-order valence-electron chi connectivity index (χ4n) is 3.56. The minimum atomic E-state index is -1.33. The normalized spacial score (nSPS) is 21.3. The number of esters is 1. The molecule has 5 nitrogen and oxygen atoms in total. The summed E-state index contributed by atoms with van der Waals surface area (Å²) in [6, 6.07) is 26.9. The zero-order valence-electron chi connectivity index (χ0n) is 17.9. The van der Waals surface area contributed by atoms with E-state index in [1.165, 1.54) is 0 Å². The van der Waals surface area contributed by atoms with Gasteiger partial charge >= 0.3 is 5.97 Å². The summed E-state index contributed by atoms with van der Waals surface area (Å²) in [7, 11) is -1.33. The van der Waals surface area contributed by atoms with E-state index in [0.717, 1.165) is 16.7 Å². The molecule has 6 heteroatoms. The molecule has 1 heterocycles. The van der Waals surface area contributed by atoms with Gasteiger partial charge in [-0.2, -0.15) is 0 Å². The van der Waals surface area contributed by atoms with Gasteiger partial charge in [-0.05, 0) is 30.2 Å². The van der Waals surface area contributed by atoms with Crippen molar-refractivity contribution in [1.29, 1.82) is 0 Å². The van der Waals surface area contributed by atoms with Gasteiger partial charge in [0.2, 0.25) is 0 Å². The summed E-state index contributed by atoms with van der Waals surface area (Å²) < 4.78 is 30.6. The maximum atomic E-state index is 12.9. The number of cyclic esters (lactones) is 1. The fraction of sp³-hybridized carbons (Fsp3) is 0.269. The van der Waals surface area contributed by atoms with E-state index >= 15 is 0 Å². The number of ether oxygens (including phenoxy) is 3. The first-order chi connectivity index (χ1) is 15.6. The maximum absolute atomic E-state index is 12.9. The lowest BCUT2D eigenvalue weighted by Gasteiger charge is -2.22. The second kappa shape index (κ2) is 10.7. The third-order valence-electron chi connectivity index (χ3n) is 5.32. The van der Waals surface area contributed by atoms with E-state index in [9.17, 15) is 9.00 Å². The number of aryl methyl sites for hydroxylation is 1. The summed E-state index contributed by atoms with van der Waals surface area (Å²) in [5.74, 6) is -0.329. The molecule has 32 heavy (non-hydrogen) atoms. The predicted molar refractivity (Wildman–Crippen MR) is 122 cm³/mol. The first-order valence-electron chi connectivity index (χ1n) is 10.6. The van der Waals surface area contributed by atoms with Crippen LogP contribution in [0.15, 0.2) is 89.8 Å². The fourth-order valence-corrected chi connectivity index (χ4v) is 4.75. The van der Waals surface area contributed by atoms with Crippen LogP contribution in [-0.2, 0) is 43.0 Å². The third kappa shape index (κ3) is 5.71. The first kappa shape index (κ1) is 22.4. The number of carbonyl (C=O) groups is 1. The molecule has 1 saturated heterocycles. The lowest BCUT2D eigenvalue weighted by molar-refractivity contribution is -0.150. The summed E-state index contributed by atoms with van der Waals surface area (Å²) >= 11 is 0. The van der Waals surface area contributed by atoms with Crippen LogP contribution < -0.4 is 0 Å². The minimum absolute atomic E-state index is 0.152. The average molecular weight is 451 g/mol. The molecule has 3 aromatic carbocycles. The molecule has 1 aliphatic rings. The molecule has 3 aromatic rings. The maximum Gasteiger partial charge on any atom is 0.338 e. The second-order valence-corrected chi connectivity index (χ2v) is 9.27. The molecule has 0 N–H and O–H groups in total.